The first-order chi connectivity index (χ1) is 5.22. The smallest absolute Gasteiger partial charge is 0.00694 e. The van der Waals surface area contributed by atoms with Gasteiger partial charge in [0.2, 0.25) is 0 Å². The molecule has 0 aromatic rings. The Morgan fingerprint density at radius 1 is 1.18 bits per heavy atom. The van der Waals surface area contributed by atoms with Crippen molar-refractivity contribution in [1.82, 2.24) is 0 Å². The van der Waals surface area contributed by atoms with Crippen LogP contribution in [0.15, 0.2) is 11.3 Å². The highest BCUT2D eigenvalue weighted by Crippen LogP contribution is 2.10. The van der Waals surface area contributed by atoms with E-state index in [1.807, 2.05) is 0 Å². The highest BCUT2D eigenvalue weighted by Gasteiger charge is 1.94. The molecule has 1 heteroatoms. The zero-order valence-electron chi connectivity index (χ0n) is 8.11. The molecule has 0 saturated carbocycles. The van der Waals surface area contributed by atoms with Gasteiger partial charge >= 0.3 is 0 Å². The third-order valence-electron chi connectivity index (χ3n) is 2.13. The van der Waals surface area contributed by atoms with Gasteiger partial charge in [-0.25, -0.2) is 0 Å². The molecule has 0 amide bonds. The Kier molecular flexibility index (Phi) is 6.00. The molecule has 0 atom stereocenters. The standard InChI is InChI=1S/C10H21N/c1-4-6-7-8-10(11)9(3)5-2/h4-8,11H2,1-3H3/b10-9+. The molecular weight excluding hydrogens is 134 g/mol. The molecule has 0 aromatic heterocycles. The number of unbranched alkanes of at least 4 members (excludes halogenated alkanes) is 2. The van der Waals surface area contributed by atoms with Gasteiger partial charge in [0.25, 0.3) is 0 Å². The lowest BCUT2D eigenvalue weighted by atomic mass is 10.1. The summed E-state index contributed by atoms with van der Waals surface area (Å²) in [6.07, 6.45) is 6.02. The Morgan fingerprint density at radius 3 is 2.27 bits per heavy atom. The first kappa shape index (κ1) is 10.5. The molecule has 0 spiro atoms. The maximum Gasteiger partial charge on any atom is 0.00694 e. The third-order valence-corrected chi connectivity index (χ3v) is 2.13. The molecule has 0 heterocycles. The second kappa shape index (κ2) is 6.26. The Hall–Kier alpha value is -0.460. The second-order valence-corrected chi connectivity index (χ2v) is 3.12. The lowest BCUT2D eigenvalue weighted by Gasteiger charge is -2.04. The number of hydrogen-bond acceptors (Lipinski definition) is 1. The Bertz CT molecular complexity index is 125. The Labute approximate surface area is 70.7 Å². The van der Waals surface area contributed by atoms with Gasteiger partial charge in [-0.1, -0.05) is 32.3 Å². The molecule has 0 unspecified atom stereocenters. The van der Waals surface area contributed by atoms with Crippen LogP contribution in [0.2, 0.25) is 0 Å². The van der Waals surface area contributed by atoms with Crippen LogP contribution in [0, 0.1) is 0 Å². The largest absolute Gasteiger partial charge is 0.402 e. The molecule has 1 nitrogen and oxygen atoms in total. The maximum absolute atomic E-state index is 5.85. The summed E-state index contributed by atoms with van der Waals surface area (Å²) in [6.45, 7) is 6.50. The van der Waals surface area contributed by atoms with Crippen LogP contribution in [0.25, 0.3) is 0 Å². The summed E-state index contributed by atoms with van der Waals surface area (Å²) in [5.41, 5.74) is 8.32. The lowest BCUT2D eigenvalue weighted by molar-refractivity contribution is 0.703. The van der Waals surface area contributed by atoms with E-state index >= 15 is 0 Å². The summed E-state index contributed by atoms with van der Waals surface area (Å²) in [7, 11) is 0. The van der Waals surface area contributed by atoms with Crippen LogP contribution in [0.4, 0.5) is 0 Å². The van der Waals surface area contributed by atoms with E-state index < -0.39 is 0 Å². The molecule has 2 N–H and O–H groups in total. The number of rotatable bonds is 5. The van der Waals surface area contributed by atoms with Crippen LogP contribution >= 0.6 is 0 Å². The molecule has 0 radical (unpaired) electrons. The first-order valence-corrected chi connectivity index (χ1v) is 4.66. The fraction of sp³-hybridized carbons (Fsp3) is 0.800. The molecule has 0 fully saturated rings. The quantitative estimate of drug-likeness (QED) is 0.606. The van der Waals surface area contributed by atoms with Gasteiger partial charge in [0.1, 0.15) is 0 Å². The van der Waals surface area contributed by atoms with Gasteiger partial charge in [-0.05, 0) is 26.2 Å². The minimum Gasteiger partial charge on any atom is -0.402 e. The predicted octanol–water partition coefficient (Wildman–Crippen LogP) is 3.21. The van der Waals surface area contributed by atoms with Crippen LogP contribution in [0.5, 0.6) is 0 Å². The molecule has 0 saturated heterocycles. The van der Waals surface area contributed by atoms with Crippen molar-refractivity contribution < 1.29 is 0 Å². The zero-order valence-corrected chi connectivity index (χ0v) is 8.11. The van der Waals surface area contributed by atoms with Crippen molar-refractivity contribution in [2.75, 3.05) is 0 Å². The van der Waals surface area contributed by atoms with Gasteiger partial charge in [0.05, 0.1) is 0 Å². The van der Waals surface area contributed by atoms with E-state index in [0.717, 1.165) is 18.5 Å². The van der Waals surface area contributed by atoms with E-state index in [9.17, 15) is 0 Å². The molecule has 0 aliphatic carbocycles. The van der Waals surface area contributed by atoms with E-state index in [1.54, 1.807) is 0 Å². The third kappa shape index (κ3) is 4.88. The number of nitrogens with two attached hydrogens (primary N) is 1. The highest BCUT2D eigenvalue weighted by atomic mass is 14.6. The summed E-state index contributed by atoms with van der Waals surface area (Å²) < 4.78 is 0. The SMILES string of the molecule is CCCCC/C(N)=C(/C)CC. The molecular formula is C10H21N. The molecule has 11 heavy (non-hydrogen) atoms. The van der Waals surface area contributed by atoms with E-state index in [2.05, 4.69) is 20.8 Å². The van der Waals surface area contributed by atoms with Gasteiger partial charge in [0, 0.05) is 5.70 Å². The summed E-state index contributed by atoms with van der Waals surface area (Å²) in [5.74, 6) is 0. The summed E-state index contributed by atoms with van der Waals surface area (Å²) in [6, 6.07) is 0. The topological polar surface area (TPSA) is 26.0 Å². The van der Waals surface area contributed by atoms with Gasteiger partial charge < -0.3 is 5.73 Å². The summed E-state index contributed by atoms with van der Waals surface area (Å²) in [5, 5.41) is 0. The molecule has 0 aromatic carbocycles. The normalized spacial score (nSPS) is 13.0. The van der Waals surface area contributed by atoms with Gasteiger partial charge in [-0.3, -0.25) is 0 Å². The van der Waals surface area contributed by atoms with Gasteiger partial charge in [-0.2, -0.15) is 0 Å². The molecule has 0 aliphatic rings. The van der Waals surface area contributed by atoms with Gasteiger partial charge in [0.15, 0.2) is 0 Å². The second-order valence-electron chi connectivity index (χ2n) is 3.12. The van der Waals surface area contributed by atoms with Crippen molar-refractivity contribution in [3.05, 3.63) is 11.3 Å². The van der Waals surface area contributed by atoms with E-state index in [1.165, 1.54) is 24.8 Å². The number of hydrogen-bond donors (Lipinski definition) is 1. The molecule has 66 valence electrons. The van der Waals surface area contributed by atoms with E-state index in [0.29, 0.717) is 0 Å². The van der Waals surface area contributed by atoms with Crippen molar-refractivity contribution in [3.8, 4) is 0 Å². The maximum atomic E-state index is 5.85. The Morgan fingerprint density at radius 2 is 1.82 bits per heavy atom. The Balaban J connectivity index is 3.58. The monoisotopic (exact) mass is 155 g/mol. The summed E-state index contributed by atoms with van der Waals surface area (Å²) in [4.78, 5) is 0. The van der Waals surface area contributed by atoms with Crippen molar-refractivity contribution in [1.29, 1.82) is 0 Å². The fourth-order valence-corrected chi connectivity index (χ4v) is 1.01. The van der Waals surface area contributed by atoms with Crippen molar-refractivity contribution >= 4 is 0 Å². The van der Waals surface area contributed by atoms with Gasteiger partial charge in [-0.15, -0.1) is 0 Å². The van der Waals surface area contributed by atoms with Crippen LogP contribution in [-0.2, 0) is 0 Å². The predicted molar refractivity (Wildman–Crippen MR) is 51.3 cm³/mol. The number of allylic oxidation sites excluding steroid dienone is 2. The summed E-state index contributed by atoms with van der Waals surface area (Å²) >= 11 is 0. The average molecular weight is 155 g/mol. The lowest BCUT2D eigenvalue weighted by Crippen LogP contribution is -2.00. The molecule has 0 aliphatic heterocycles. The van der Waals surface area contributed by atoms with Crippen LogP contribution in [-0.4, -0.2) is 0 Å². The van der Waals surface area contributed by atoms with Crippen molar-refractivity contribution in [2.24, 2.45) is 5.73 Å². The van der Waals surface area contributed by atoms with Crippen LogP contribution in [0.3, 0.4) is 0 Å². The average Bonchev–Trinajstić information content (AvgIpc) is 2.03. The van der Waals surface area contributed by atoms with Crippen LogP contribution in [0.1, 0.15) is 52.9 Å². The first-order valence-electron chi connectivity index (χ1n) is 4.66. The van der Waals surface area contributed by atoms with Crippen molar-refractivity contribution in [2.45, 2.75) is 52.9 Å². The van der Waals surface area contributed by atoms with E-state index in [4.69, 9.17) is 5.73 Å². The zero-order chi connectivity index (χ0) is 8.69. The highest BCUT2D eigenvalue weighted by molar-refractivity contribution is 5.07. The van der Waals surface area contributed by atoms with E-state index in [-0.39, 0.29) is 0 Å². The minimum atomic E-state index is 1.09. The van der Waals surface area contributed by atoms with Crippen molar-refractivity contribution in [3.63, 3.8) is 0 Å². The fourth-order valence-electron chi connectivity index (χ4n) is 1.01. The molecule has 0 bridgehead atoms. The van der Waals surface area contributed by atoms with Crippen LogP contribution < -0.4 is 5.73 Å². The molecule has 0 rings (SSSR count). The minimum absolute atomic E-state index is 1.09.